The second kappa shape index (κ2) is 9.25. The molecule has 228 valence electrons. The maximum Gasteiger partial charge on any atom is 0.138 e. The Morgan fingerprint density at radius 2 is 1.41 bits per heavy atom. The molecule has 0 bridgehead atoms. The van der Waals surface area contributed by atoms with Gasteiger partial charge in [-0.3, -0.25) is 4.40 Å². The summed E-state index contributed by atoms with van der Waals surface area (Å²) in [4.78, 5) is 5.33. The molecule has 0 radical (unpaired) electrons. The van der Waals surface area contributed by atoms with Gasteiger partial charge in [0.15, 0.2) is 0 Å². The molecule has 0 saturated heterocycles. The number of para-hydroxylation sites is 2. The number of aromatic nitrogens is 2. The van der Waals surface area contributed by atoms with Crippen LogP contribution in [0.3, 0.4) is 0 Å². The summed E-state index contributed by atoms with van der Waals surface area (Å²) >= 11 is 1.88. The van der Waals surface area contributed by atoms with Gasteiger partial charge in [-0.15, -0.1) is 11.3 Å². The lowest BCUT2D eigenvalue weighted by Crippen LogP contribution is -2.30. The minimum atomic E-state index is 0.0538. The van der Waals surface area contributed by atoms with Gasteiger partial charge < -0.3 is 9.88 Å². The number of aliphatic imine (C=N–C) groups is 1. The molecule has 4 nitrogen and oxygen atoms in total. The Morgan fingerprint density at radius 3 is 2.35 bits per heavy atom. The van der Waals surface area contributed by atoms with E-state index in [-0.39, 0.29) is 6.04 Å². The number of hydrogen-bond donors (Lipinski definition) is 1. The molecule has 0 amide bonds. The molecule has 10 aromatic rings. The van der Waals surface area contributed by atoms with Gasteiger partial charge in [-0.1, -0.05) is 85.0 Å². The van der Waals surface area contributed by atoms with E-state index < -0.39 is 0 Å². The maximum atomic E-state index is 5.33. The third-order valence-corrected chi connectivity index (χ3v) is 11.8. The van der Waals surface area contributed by atoms with E-state index in [0.717, 1.165) is 22.9 Å². The SMILES string of the molecule is C1=CC2=Nc3c(n4c5ccc6sc7ccccc7c6c5c5cc(-c6ccc7c8ccccc8n(-c8ccccc8)c7c6)cc3c54)NC2C=C1. The zero-order valence-corrected chi connectivity index (χ0v) is 27.0. The van der Waals surface area contributed by atoms with Gasteiger partial charge in [-0.05, 0) is 71.8 Å². The fourth-order valence-corrected chi connectivity index (χ4v) is 9.67. The van der Waals surface area contributed by atoms with E-state index in [0.29, 0.717) is 0 Å². The molecular weight excluding hydrogens is 617 g/mol. The number of nitrogens with zero attached hydrogens (tertiary/aromatic N) is 3. The first-order chi connectivity index (χ1) is 24.3. The van der Waals surface area contributed by atoms with Crippen molar-refractivity contribution in [1.29, 1.82) is 0 Å². The molecule has 5 heterocycles. The molecule has 1 unspecified atom stereocenters. The fraction of sp³-hybridized carbons (Fsp3) is 0.0227. The summed E-state index contributed by atoms with van der Waals surface area (Å²) < 4.78 is 7.48. The Bertz CT molecular complexity index is 3130. The Kier molecular flexibility index (Phi) is 4.88. The lowest BCUT2D eigenvalue weighted by Gasteiger charge is -2.23. The number of benzene rings is 6. The van der Waals surface area contributed by atoms with Gasteiger partial charge in [0, 0.05) is 52.8 Å². The highest BCUT2D eigenvalue weighted by Gasteiger charge is 2.30. The smallest absolute Gasteiger partial charge is 0.138 e. The summed E-state index contributed by atoms with van der Waals surface area (Å²) in [5.74, 6) is 1.07. The van der Waals surface area contributed by atoms with Gasteiger partial charge in [0.05, 0.1) is 33.8 Å². The number of nitrogens with one attached hydrogen (secondary N) is 1. The summed E-state index contributed by atoms with van der Waals surface area (Å²) in [5, 5.41) is 12.8. The quantitative estimate of drug-likeness (QED) is 0.200. The second-order valence-electron chi connectivity index (χ2n) is 13.2. The van der Waals surface area contributed by atoms with E-state index in [9.17, 15) is 0 Å². The summed E-state index contributed by atoms with van der Waals surface area (Å²) in [6.45, 7) is 0. The summed E-state index contributed by atoms with van der Waals surface area (Å²) in [6.07, 6.45) is 8.52. The molecule has 4 aromatic heterocycles. The third kappa shape index (κ3) is 3.35. The molecule has 0 fully saturated rings. The van der Waals surface area contributed by atoms with Crippen molar-refractivity contribution in [3.05, 3.63) is 146 Å². The van der Waals surface area contributed by atoms with E-state index in [4.69, 9.17) is 4.99 Å². The molecule has 5 heteroatoms. The summed E-state index contributed by atoms with van der Waals surface area (Å²) in [7, 11) is 0. The van der Waals surface area contributed by atoms with E-state index in [2.05, 4.69) is 160 Å². The molecule has 12 rings (SSSR count). The average molecular weight is 643 g/mol. The van der Waals surface area contributed by atoms with E-state index in [1.54, 1.807) is 0 Å². The first-order valence-electron chi connectivity index (χ1n) is 16.8. The highest BCUT2D eigenvalue weighted by atomic mass is 32.1. The Labute approximate surface area is 284 Å². The first kappa shape index (κ1) is 25.9. The van der Waals surface area contributed by atoms with E-state index in [1.165, 1.54) is 80.3 Å². The third-order valence-electron chi connectivity index (χ3n) is 10.6. The number of allylic oxidation sites excluding steroid dienone is 2. The Morgan fingerprint density at radius 1 is 0.592 bits per heavy atom. The van der Waals surface area contributed by atoms with E-state index >= 15 is 0 Å². The lowest BCUT2D eigenvalue weighted by molar-refractivity contribution is 1.09. The molecule has 1 aliphatic carbocycles. The average Bonchev–Trinajstić information content (AvgIpc) is 3.89. The molecule has 0 saturated carbocycles. The lowest BCUT2D eigenvalue weighted by atomic mass is 9.97. The largest absolute Gasteiger partial charge is 0.357 e. The molecule has 6 aromatic carbocycles. The fourth-order valence-electron chi connectivity index (χ4n) is 8.55. The highest BCUT2D eigenvalue weighted by Crippen LogP contribution is 2.51. The van der Waals surface area contributed by atoms with Gasteiger partial charge in [0.25, 0.3) is 0 Å². The van der Waals surface area contributed by atoms with Crippen LogP contribution in [-0.2, 0) is 0 Å². The Balaban J connectivity index is 1.22. The van der Waals surface area contributed by atoms with Crippen molar-refractivity contribution in [3.63, 3.8) is 0 Å². The van der Waals surface area contributed by atoms with E-state index in [1.807, 2.05) is 11.3 Å². The minimum Gasteiger partial charge on any atom is -0.357 e. The molecule has 2 aliphatic rings. The zero-order valence-electron chi connectivity index (χ0n) is 26.2. The standard InChI is InChI=1S/C44H26N4S/c1-2-10-27(11-3-1)47-35-16-8-4-12-28(35)29-19-18-25(24-37(29)47)26-22-31-40-36(20-21-39-41(40)30-13-5-9-17-38(30)49-39)48-43(31)32(23-26)42-44(48)46-34-15-7-6-14-33(34)45-42/h1-24,34,46H. The second-order valence-corrected chi connectivity index (χ2v) is 14.3. The number of rotatable bonds is 2. The van der Waals surface area contributed by atoms with Crippen LogP contribution < -0.4 is 5.32 Å². The van der Waals surface area contributed by atoms with Crippen molar-refractivity contribution >= 4 is 97.7 Å². The molecule has 49 heavy (non-hydrogen) atoms. The minimum absolute atomic E-state index is 0.0538. The van der Waals surface area contributed by atoms with Crippen LogP contribution in [0.1, 0.15) is 0 Å². The molecule has 0 spiro atoms. The molecule has 1 aliphatic heterocycles. The van der Waals surface area contributed by atoms with Crippen molar-refractivity contribution in [2.24, 2.45) is 4.99 Å². The Hall–Kier alpha value is -6.17. The number of hydrogen-bond acceptors (Lipinski definition) is 3. The number of thiophene rings is 1. The summed E-state index contributed by atoms with van der Waals surface area (Å²) in [6, 6.07) is 44.7. The van der Waals surface area contributed by atoms with Gasteiger partial charge in [-0.25, -0.2) is 4.99 Å². The van der Waals surface area contributed by atoms with Crippen molar-refractivity contribution in [3.8, 4) is 16.8 Å². The monoisotopic (exact) mass is 642 g/mol. The number of anilines is 1. The van der Waals surface area contributed by atoms with Crippen LogP contribution in [0.2, 0.25) is 0 Å². The molecule has 1 N–H and O–H groups in total. The van der Waals surface area contributed by atoms with Crippen LogP contribution in [0.15, 0.2) is 151 Å². The van der Waals surface area contributed by atoms with Crippen LogP contribution in [0, 0.1) is 0 Å². The van der Waals surface area contributed by atoms with Crippen molar-refractivity contribution < 1.29 is 0 Å². The highest BCUT2D eigenvalue weighted by molar-refractivity contribution is 7.26. The van der Waals surface area contributed by atoms with Crippen molar-refractivity contribution in [2.45, 2.75) is 6.04 Å². The van der Waals surface area contributed by atoms with Crippen LogP contribution in [0.4, 0.5) is 11.5 Å². The number of fused-ring (bicyclic) bond motifs is 14. The van der Waals surface area contributed by atoms with Gasteiger partial charge in [-0.2, -0.15) is 0 Å². The van der Waals surface area contributed by atoms with Crippen molar-refractivity contribution in [1.82, 2.24) is 8.97 Å². The van der Waals surface area contributed by atoms with Crippen LogP contribution in [0.25, 0.3) is 86.0 Å². The first-order valence-corrected chi connectivity index (χ1v) is 17.6. The van der Waals surface area contributed by atoms with Gasteiger partial charge in [0.2, 0.25) is 0 Å². The molecular formula is C44H26N4S. The maximum absolute atomic E-state index is 5.33. The van der Waals surface area contributed by atoms with Gasteiger partial charge in [0.1, 0.15) is 11.5 Å². The van der Waals surface area contributed by atoms with Crippen LogP contribution in [0.5, 0.6) is 0 Å². The molecule has 1 atom stereocenters. The zero-order chi connectivity index (χ0) is 31.8. The van der Waals surface area contributed by atoms with Gasteiger partial charge >= 0.3 is 0 Å². The normalized spacial score (nSPS) is 15.7. The van der Waals surface area contributed by atoms with Crippen LogP contribution in [-0.4, -0.2) is 20.7 Å². The predicted molar refractivity (Wildman–Crippen MR) is 209 cm³/mol. The predicted octanol–water partition coefficient (Wildman–Crippen LogP) is 11.8. The summed E-state index contributed by atoms with van der Waals surface area (Å²) in [5.41, 5.74) is 10.5. The van der Waals surface area contributed by atoms with Crippen molar-refractivity contribution in [2.75, 3.05) is 5.32 Å². The topological polar surface area (TPSA) is 33.7 Å². The van der Waals surface area contributed by atoms with Crippen LogP contribution >= 0.6 is 11.3 Å².